The first kappa shape index (κ1) is 15.1. The fourth-order valence-corrected chi connectivity index (χ4v) is 4.49. The smallest absolute Gasteiger partial charge is 0.228 e. The molecule has 1 saturated carbocycles. The highest BCUT2D eigenvalue weighted by Crippen LogP contribution is 2.43. The lowest BCUT2D eigenvalue weighted by atomic mass is 9.67. The summed E-state index contributed by atoms with van der Waals surface area (Å²) >= 11 is 3.46. The number of hydrogen-bond acceptors (Lipinski definition) is 3. The molecule has 2 aromatic rings. The maximum Gasteiger partial charge on any atom is 0.228 e. The molecule has 4 rings (SSSR count). The standard InChI is InChI=1S/C17H21BrN4O/c18-13-4-5-15-21-14(10-22(15)9-13)8-20-16(23)17-6-2-1-3-12(17)7-19-11-17/h4-5,9-10,12,19H,1-3,6-8,11H2,(H,20,23)/t12-,17+/m0/s1. The van der Waals surface area contributed by atoms with Gasteiger partial charge in [0.2, 0.25) is 5.91 Å². The van der Waals surface area contributed by atoms with Gasteiger partial charge in [0.1, 0.15) is 5.65 Å². The van der Waals surface area contributed by atoms with Crippen LogP contribution in [0.1, 0.15) is 31.4 Å². The van der Waals surface area contributed by atoms with Gasteiger partial charge in [0.05, 0.1) is 17.7 Å². The summed E-state index contributed by atoms with van der Waals surface area (Å²) in [6.07, 6.45) is 8.54. The zero-order valence-corrected chi connectivity index (χ0v) is 14.6. The van der Waals surface area contributed by atoms with Crippen LogP contribution in [0, 0.1) is 11.3 Å². The minimum Gasteiger partial charge on any atom is -0.350 e. The average molecular weight is 377 g/mol. The normalized spacial score (nSPS) is 27.1. The van der Waals surface area contributed by atoms with Gasteiger partial charge in [-0.3, -0.25) is 4.79 Å². The van der Waals surface area contributed by atoms with Gasteiger partial charge >= 0.3 is 0 Å². The number of rotatable bonds is 3. The molecule has 1 amide bonds. The molecule has 0 radical (unpaired) electrons. The molecule has 2 aromatic heterocycles. The molecule has 1 aliphatic heterocycles. The van der Waals surface area contributed by atoms with E-state index in [9.17, 15) is 4.79 Å². The quantitative estimate of drug-likeness (QED) is 0.864. The molecule has 0 unspecified atom stereocenters. The Hall–Kier alpha value is -1.40. The second kappa shape index (κ2) is 5.91. The highest BCUT2D eigenvalue weighted by molar-refractivity contribution is 9.10. The number of halogens is 1. The van der Waals surface area contributed by atoms with Crippen molar-refractivity contribution in [2.24, 2.45) is 11.3 Å². The average Bonchev–Trinajstić information content (AvgIpc) is 3.16. The maximum atomic E-state index is 12.9. The van der Waals surface area contributed by atoms with Crippen LogP contribution in [0.2, 0.25) is 0 Å². The molecular formula is C17H21BrN4O. The number of nitrogens with zero attached hydrogens (tertiary/aromatic N) is 2. The van der Waals surface area contributed by atoms with E-state index in [2.05, 4.69) is 31.5 Å². The molecule has 122 valence electrons. The Balaban J connectivity index is 1.48. The maximum absolute atomic E-state index is 12.9. The summed E-state index contributed by atoms with van der Waals surface area (Å²) < 4.78 is 2.99. The summed E-state index contributed by atoms with van der Waals surface area (Å²) in [6.45, 7) is 2.30. The third-order valence-electron chi connectivity index (χ3n) is 5.39. The van der Waals surface area contributed by atoms with Gasteiger partial charge in [0.15, 0.2) is 0 Å². The Labute approximate surface area is 144 Å². The molecule has 0 aromatic carbocycles. The second-order valence-corrected chi connectivity index (χ2v) is 7.67. The lowest BCUT2D eigenvalue weighted by Gasteiger charge is -2.37. The monoisotopic (exact) mass is 376 g/mol. The van der Waals surface area contributed by atoms with E-state index in [1.165, 1.54) is 12.8 Å². The predicted octanol–water partition coefficient (Wildman–Crippen LogP) is 2.49. The van der Waals surface area contributed by atoms with E-state index in [0.717, 1.165) is 41.7 Å². The largest absolute Gasteiger partial charge is 0.350 e. The Morgan fingerprint density at radius 2 is 2.35 bits per heavy atom. The van der Waals surface area contributed by atoms with Crippen molar-refractivity contribution < 1.29 is 4.79 Å². The third kappa shape index (κ3) is 2.68. The highest BCUT2D eigenvalue weighted by atomic mass is 79.9. The Morgan fingerprint density at radius 1 is 1.43 bits per heavy atom. The number of amides is 1. The summed E-state index contributed by atoms with van der Waals surface area (Å²) in [4.78, 5) is 17.4. The van der Waals surface area contributed by atoms with Gasteiger partial charge < -0.3 is 15.0 Å². The zero-order valence-electron chi connectivity index (χ0n) is 13.0. The number of aromatic nitrogens is 2. The number of pyridine rings is 1. The van der Waals surface area contributed by atoms with Gasteiger partial charge in [-0.25, -0.2) is 4.98 Å². The minimum absolute atomic E-state index is 0.194. The van der Waals surface area contributed by atoms with E-state index in [1.54, 1.807) is 0 Å². The van der Waals surface area contributed by atoms with Crippen molar-refractivity contribution in [3.63, 3.8) is 0 Å². The van der Waals surface area contributed by atoms with Gasteiger partial charge in [-0.05, 0) is 53.4 Å². The van der Waals surface area contributed by atoms with Crippen LogP contribution in [0.4, 0.5) is 0 Å². The molecule has 0 bridgehead atoms. The topological polar surface area (TPSA) is 58.4 Å². The molecule has 0 spiro atoms. The number of carbonyl (C=O) groups is 1. The molecular weight excluding hydrogens is 356 g/mol. The summed E-state index contributed by atoms with van der Waals surface area (Å²) in [7, 11) is 0. The molecule has 2 N–H and O–H groups in total. The number of imidazole rings is 1. The van der Waals surface area contributed by atoms with E-state index in [0.29, 0.717) is 12.5 Å². The molecule has 5 nitrogen and oxygen atoms in total. The Kier molecular flexibility index (Phi) is 3.89. The summed E-state index contributed by atoms with van der Waals surface area (Å²) in [5.74, 6) is 0.693. The van der Waals surface area contributed by atoms with Crippen LogP contribution in [0.15, 0.2) is 29.0 Å². The van der Waals surface area contributed by atoms with Crippen molar-refractivity contribution in [2.45, 2.75) is 32.2 Å². The summed E-state index contributed by atoms with van der Waals surface area (Å²) in [6, 6.07) is 3.94. The fraction of sp³-hybridized carbons (Fsp3) is 0.529. The molecule has 3 heterocycles. The predicted molar refractivity (Wildman–Crippen MR) is 92.0 cm³/mol. The van der Waals surface area contributed by atoms with Crippen LogP contribution in [0.25, 0.3) is 5.65 Å². The number of nitrogens with one attached hydrogen (secondary N) is 2. The Morgan fingerprint density at radius 3 is 3.26 bits per heavy atom. The third-order valence-corrected chi connectivity index (χ3v) is 5.85. The van der Waals surface area contributed by atoms with Crippen molar-refractivity contribution in [3.05, 3.63) is 34.7 Å². The van der Waals surface area contributed by atoms with E-state index in [1.807, 2.05) is 28.9 Å². The molecule has 2 fully saturated rings. The molecule has 1 saturated heterocycles. The molecule has 6 heteroatoms. The summed E-state index contributed by atoms with van der Waals surface area (Å²) in [5, 5.41) is 6.57. The molecule has 2 atom stereocenters. The molecule has 2 aliphatic rings. The van der Waals surface area contributed by atoms with Gasteiger partial charge in [-0.15, -0.1) is 0 Å². The van der Waals surface area contributed by atoms with Crippen molar-refractivity contribution >= 4 is 27.5 Å². The van der Waals surface area contributed by atoms with Crippen molar-refractivity contribution in [2.75, 3.05) is 13.1 Å². The Bertz CT molecular complexity index is 743. The second-order valence-electron chi connectivity index (χ2n) is 6.76. The van der Waals surface area contributed by atoms with Gasteiger partial charge in [-0.2, -0.15) is 0 Å². The highest BCUT2D eigenvalue weighted by Gasteiger charge is 2.49. The van der Waals surface area contributed by atoms with E-state index >= 15 is 0 Å². The van der Waals surface area contributed by atoms with Crippen LogP contribution in [-0.2, 0) is 11.3 Å². The number of hydrogen-bond donors (Lipinski definition) is 2. The number of carbonyl (C=O) groups excluding carboxylic acids is 1. The van der Waals surface area contributed by atoms with Crippen LogP contribution >= 0.6 is 15.9 Å². The molecule has 23 heavy (non-hydrogen) atoms. The summed E-state index contributed by atoms with van der Waals surface area (Å²) in [5.41, 5.74) is 1.60. The first-order chi connectivity index (χ1) is 11.2. The van der Waals surface area contributed by atoms with Crippen LogP contribution in [-0.4, -0.2) is 28.4 Å². The first-order valence-corrected chi connectivity index (χ1v) is 9.09. The fourth-order valence-electron chi connectivity index (χ4n) is 4.14. The van der Waals surface area contributed by atoms with Crippen LogP contribution < -0.4 is 10.6 Å². The van der Waals surface area contributed by atoms with E-state index in [4.69, 9.17) is 0 Å². The van der Waals surface area contributed by atoms with Gasteiger partial charge in [0.25, 0.3) is 0 Å². The van der Waals surface area contributed by atoms with Crippen molar-refractivity contribution in [1.82, 2.24) is 20.0 Å². The first-order valence-electron chi connectivity index (χ1n) is 8.29. The minimum atomic E-state index is -0.194. The van der Waals surface area contributed by atoms with Crippen molar-refractivity contribution in [1.29, 1.82) is 0 Å². The van der Waals surface area contributed by atoms with E-state index in [-0.39, 0.29) is 11.3 Å². The lowest BCUT2D eigenvalue weighted by Crippen LogP contribution is -2.47. The molecule has 1 aliphatic carbocycles. The lowest BCUT2D eigenvalue weighted by molar-refractivity contribution is -0.134. The van der Waals surface area contributed by atoms with Gasteiger partial charge in [0, 0.05) is 23.4 Å². The van der Waals surface area contributed by atoms with Crippen LogP contribution in [0.5, 0.6) is 0 Å². The van der Waals surface area contributed by atoms with Crippen LogP contribution in [0.3, 0.4) is 0 Å². The number of fused-ring (bicyclic) bond motifs is 2. The SMILES string of the molecule is O=C(NCc1cn2cc(Br)ccc2n1)[C@@]12CCCC[C@H]1CNC2. The zero-order chi connectivity index (χ0) is 15.9. The van der Waals surface area contributed by atoms with Crippen molar-refractivity contribution in [3.8, 4) is 0 Å². The van der Waals surface area contributed by atoms with E-state index < -0.39 is 0 Å². The van der Waals surface area contributed by atoms with Gasteiger partial charge in [-0.1, -0.05) is 12.8 Å².